The van der Waals surface area contributed by atoms with Gasteiger partial charge in [0.05, 0.1) is 6.10 Å². The van der Waals surface area contributed by atoms with Crippen LogP contribution in [0, 0.1) is 44.8 Å². The standard InChI is InChI=1S/C29H46O2/c1-25(2)13-10-18-19(16-25)20-8-9-23-27(5)14-12-24(31)26(3,4)22(27)11-15-28(23,6)29(20,7)17-21(18)30/h18,22-24,31H,8-17H2,1-7H3/t18-,22-,23+,24-,27-,28+,29+/m0/s1. The highest BCUT2D eigenvalue weighted by atomic mass is 16.3. The van der Waals surface area contributed by atoms with E-state index in [9.17, 15) is 9.90 Å². The van der Waals surface area contributed by atoms with Gasteiger partial charge in [-0.3, -0.25) is 4.79 Å². The summed E-state index contributed by atoms with van der Waals surface area (Å²) in [4.78, 5) is 13.6. The Morgan fingerprint density at radius 2 is 1.52 bits per heavy atom. The van der Waals surface area contributed by atoms with E-state index in [0.717, 1.165) is 32.1 Å². The predicted molar refractivity (Wildman–Crippen MR) is 127 cm³/mol. The highest BCUT2D eigenvalue weighted by molar-refractivity contribution is 5.87. The van der Waals surface area contributed by atoms with E-state index in [0.29, 0.717) is 23.0 Å². The number of carbonyl (C=O) groups excluding carboxylic acids is 1. The number of hydrogen-bond donors (Lipinski definition) is 1. The van der Waals surface area contributed by atoms with Crippen LogP contribution in [0.15, 0.2) is 11.1 Å². The van der Waals surface area contributed by atoms with Crippen molar-refractivity contribution >= 4 is 5.78 Å². The molecule has 4 fully saturated rings. The van der Waals surface area contributed by atoms with E-state index in [4.69, 9.17) is 0 Å². The van der Waals surface area contributed by atoms with Gasteiger partial charge in [-0.15, -0.1) is 0 Å². The molecular formula is C29H46O2. The van der Waals surface area contributed by atoms with Crippen LogP contribution in [0.2, 0.25) is 0 Å². The molecule has 4 saturated carbocycles. The second-order valence-electron chi connectivity index (χ2n) is 14.4. The van der Waals surface area contributed by atoms with Crippen LogP contribution in [0.5, 0.6) is 0 Å². The van der Waals surface area contributed by atoms with E-state index in [2.05, 4.69) is 48.5 Å². The highest BCUT2D eigenvalue weighted by Crippen LogP contribution is 2.74. The summed E-state index contributed by atoms with van der Waals surface area (Å²) in [6.45, 7) is 17.1. The van der Waals surface area contributed by atoms with Crippen molar-refractivity contribution in [2.45, 2.75) is 119 Å². The Bertz CT molecular complexity index is 834. The summed E-state index contributed by atoms with van der Waals surface area (Å²) in [6.07, 6.45) is 11.0. The van der Waals surface area contributed by atoms with Crippen molar-refractivity contribution < 1.29 is 9.90 Å². The van der Waals surface area contributed by atoms with Gasteiger partial charge in [-0.25, -0.2) is 0 Å². The molecule has 5 rings (SSSR count). The number of Topliss-reactive ketones (excluding diaryl/α,β-unsaturated/α-hetero) is 1. The summed E-state index contributed by atoms with van der Waals surface area (Å²) in [5, 5.41) is 10.8. The maximum Gasteiger partial charge on any atom is 0.140 e. The molecular weight excluding hydrogens is 380 g/mol. The second-order valence-corrected chi connectivity index (χ2v) is 14.4. The van der Waals surface area contributed by atoms with E-state index in [-0.39, 0.29) is 33.7 Å². The van der Waals surface area contributed by atoms with E-state index >= 15 is 0 Å². The van der Waals surface area contributed by atoms with Crippen LogP contribution < -0.4 is 0 Å². The molecule has 5 aliphatic rings. The number of fused-ring (bicyclic) bond motifs is 6. The fourth-order valence-corrected chi connectivity index (χ4v) is 10.2. The first kappa shape index (κ1) is 22.2. The molecule has 2 nitrogen and oxygen atoms in total. The Morgan fingerprint density at radius 1 is 0.806 bits per heavy atom. The molecule has 7 atom stereocenters. The zero-order chi connectivity index (χ0) is 22.6. The molecule has 1 N–H and O–H groups in total. The fourth-order valence-electron chi connectivity index (χ4n) is 10.2. The van der Waals surface area contributed by atoms with Crippen LogP contribution >= 0.6 is 0 Å². The van der Waals surface area contributed by atoms with Crippen molar-refractivity contribution in [2.75, 3.05) is 0 Å². The smallest absolute Gasteiger partial charge is 0.140 e. The third-order valence-corrected chi connectivity index (χ3v) is 12.1. The Kier molecular flexibility index (Phi) is 4.64. The van der Waals surface area contributed by atoms with Crippen LogP contribution in [0.1, 0.15) is 113 Å². The lowest BCUT2D eigenvalue weighted by atomic mass is 9.34. The number of rotatable bonds is 0. The normalized spacial score (nSPS) is 50.8. The quantitative estimate of drug-likeness (QED) is 0.419. The number of aliphatic hydroxyl groups is 1. The molecule has 174 valence electrons. The fraction of sp³-hybridized carbons (Fsp3) is 0.897. The molecule has 31 heavy (non-hydrogen) atoms. The van der Waals surface area contributed by atoms with E-state index in [1.54, 1.807) is 11.1 Å². The van der Waals surface area contributed by atoms with Crippen molar-refractivity contribution in [1.29, 1.82) is 0 Å². The first-order valence-corrected chi connectivity index (χ1v) is 13.2. The maximum absolute atomic E-state index is 13.6. The van der Waals surface area contributed by atoms with Gasteiger partial charge in [0, 0.05) is 17.8 Å². The third kappa shape index (κ3) is 2.75. The molecule has 0 bridgehead atoms. The molecule has 0 radical (unpaired) electrons. The Balaban J connectivity index is 1.60. The van der Waals surface area contributed by atoms with Crippen LogP contribution in [-0.2, 0) is 4.79 Å². The molecule has 0 heterocycles. The van der Waals surface area contributed by atoms with Crippen molar-refractivity contribution in [2.24, 2.45) is 44.8 Å². The highest BCUT2D eigenvalue weighted by Gasteiger charge is 2.67. The molecule has 0 aromatic heterocycles. The minimum atomic E-state index is -0.173. The minimum absolute atomic E-state index is 0.00511. The molecule has 2 heteroatoms. The summed E-state index contributed by atoms with van der Waals surface area (Å²) in [5.74, 6) is 2.01. The predicted octanol–water partition coefficient (Wildman–Crippen LogP) is 7.10. The third-order valence-electron chi connectivity index (χ3n) is 12.1. The van der Waals surface area contributed by atoms with Gasteiger partial charge >= 0.3 is 0 Å². The Labute approximate surface area is 190 Å². The van der Waals surface area contributed by atoms with Gasteiger partial charge in [-0.2, -0.15) is 0 Å². The van der Waals surface area contributed by atoms with E-state index < -0.39 is 0 Å². The SMILES string of the molecule is CC1(C)CC[C@@H]2C(=O)C[C@]3(C)C(=C2C1)CC[C@@H]1[C@@]2(C)CC[C@H](O)C(C)(C)[C@@H]2CC[C@]13C. The lowest BCUT2D eigenvalue weighted by molar-refractivity contribution is -0.203. The van der Waals surface area contributed by atoms with E-state index in [1.165, 1.54) is 32.1 Å². The van der Waals surface area contributed by atoms with Gasteiger partial charge in [-0.05, 0) is 91.3 Å². The molecule has 0 spiro atoms. The number of aliphatic hydroxyl groups excluding tert-OH is 1. The average molecular weight is 427 g/mol. The topological polar surface area (TPSA) is 37.3 Å². The minimum Gasteiger partial charge on any atom is -0.393 e. The number of carbonyl (C=O) groups is 1. The lowest BCUT2D eigenvalue weighted by Gasteiger charge is -2.70. The van der Waals surface area contributed by atoms with Crippen LogP contribution in [0.4, 0.5) is 0 Å². The summed E-state index contributed by atoms with van der Waals surface area (Å²) < 4.78 is 0. The van der Waals surface area contributed by atoms with Crippen LogP contribution in [0.3, 0.4) is 0 Å². The molecule has 5 aliphatic carbocycles. The largest absolute Gasteiger partial charge is 0.393 e. The van der Waals surface area contributed by atoms with Crippen LogP contribution in [0.25, 0.3) is 0 Å². The van der Waals surface area contributed by atoms with E-state index in [1.807, 2.05) is 0 Å². The Morgan fingerprint density at radius 3 is 2.23 bits per heavy atom. The molecule has 0 aliphatic heterocycles. The van der Waals surface area contributed by atoms with Gasteiger partial charge in [0.2, 0.25) is 0 Å². The van der Waals surface area contributed by atoms with Gasteiger partial charge < -0.3 is 5.11 Å². The second kappa shape index (κ2) is 6.49. The van der Waals surface area contributed by atoms with Gasteiger partial charge in [0.1, 0.15) is 5.78 Å². The molecule has 0 amide bonds. The lowest BCUT2D eigenvalue weighted by Crippen LogP contribution is -2.64. The summed E-state index contributed by atoms with van der Waals surface area (Å²) in [5.41, 5.74) is 4.11. The molecule has 0 saturated heterocycles. The zero-order valence-corrected chi connectivity index (χ0v) is 21.2. The van der Waals surface area contributed by atoms with Crippen molar-refractivity contribution in [3.63, 3.8) is 0 Å². The summed E-state index contributed by atoms with van der Waals surface area (Å²) >= 11 is 0. The summed E-state index contributed by atoms with van der Waals surface area (Å²) in [6, 6.07) is 0. The zero-order valence-electron chi connectivity index (χ0n) is 21.2. The average Bonchev–Trinajstić information content (AvgIpc) is 2.65. The van der Waals surface area contributed by atoms with Crippen LogP contribution in [-0.4, -0.2) is 17.0 Å². The summed E-state index contributed by atoms with van der Waals surface area (Å²) in [7, 11) is 0. The molecule has 0 aromatic carbocycles. The maximum atomic E-state index is 13.6. The van der Waals surface area contributed by atoms with Crippen molar-refractivity contribution in [1.82, 2.24) is 0 Å². The number of hydrogen-bond acceptors (Lipinski definition) is 2. The molecule has 0 aromatic rings. The van der Waals surface area contributed by atoms with Crippen molar-refractivity contribution in [3.8, 4) is 0 Å². The monoisotopic (exact) mass is 426 g/mol. The molecule has 0 unspecified atom stereocenters. The van der Waals surface area contributed by atoms with Crippen molar-refractivity contribution in [3.05, 3.63) is 11.1 Å². The number of ketones is 1. The van der Waals surface area contributed by atoms with Gasteiger partial charge in [-0.1, -0.05) is 59.6 Å². The first-order chi connectivity index (χ1) is 14.3. The Hall–Kier alpha value is -0.630. The number of allylic oxidation sites excluding steroid dienone is 2. The van der Waals surface area contributed by atoms with Gasteiger partial charge in [0.25, 0.3) is 0 Å². The van der Waals surface area contributed by atoms with Gasteiger partial charge in [0.15, 0.2) is 0 Å². The first-order valence-electron chi connectivity index (χ1n) is 13.2.